The van der Waals surface area contributed by atoms with Gasteiger partial charge in [-0.2, -0.15) is 0 Å². The second kappa shape index (κ2) is 5.88. The predicted octanol–water partition coefficient (Wildman–Crippen LogP) is 3.33. The van der Waals surface area contributed by atoms with Crippen LogP contribution in [0, 0.1) is 5.92 Å². The van der Waals surface area contributed by atoms with Crippen molar-refractivity contribution in [1.82, 2.24) is 4.72 Å². The van der Waals surface area contributed by atoms with Gasteiger partial charge < -0.3 is 0 Å². The summed E-state index contributed by atoms with van der Waals surface area (Å²) in [5, 5.41) is 0. The third-order valence-corrected chi connectivity index (χ3v) is 6.13. The normalized spacial score (nSPS) is 29.6. The number of nitrogens with one attached hydrogen (secondary N) is 1. The minimum Gasteiger partial charge on any atom is -0.264 e. The van der Waals surface area contributed by atoms with Crippen LogP contribution in [0.15, 0.2) is 40.9 Å². The Bertz CT molecular complexity index is 720. The topological polar surface area (TPSA) is 58.5 Å². The van der Waals surface area contributed by atoms with Gasteiger partial charge >= 0.3 is 0 Å². The van der Waals surface area contributed by atoms with Crippen molar-refractivity contribution in [1.29, 1.82) is 0 Å². The molecule has 1 aliphatic carbocycles. The molecule has 0 unspecified atom stereocenters. The van der Waals surface area contributed by atoms with Crippen LogP contribution in [-0.2, 0) is 10.0 Å². The second-order valence-electron chi connectivity index (χ2n) is 6.23. The Balaban J connectivity index is 2.00. The summed E-state index contributed by atoms with van der Waals surface area (Å²) in [6, 6.07) is 9.45. The minimum atomic E-state index is -3.51. The number of nitrogens with zero attached hydrogens (tertiary/aromatic N) is 1. The van der Waals surface area contributed by atoms with Crippen LogP contribution in [0.3, 0.4) is 0 Å². The van der Waals surface area contributed by atoms with Gasteiger partial charge in [0.1, 0.15) is 10.7 Å². The summed E-state index contributed by atoms with van der Waals surface area (Å²) in [4.78, 5) is 5.09. The molecule has 1 N–H and O–H groups in total. The van der Waals surface area contributed by atoms with E-state index in [1.807, 2.05) is 37.3 Å². The van der Waals surface area contributed by atoms with Crippen molar-refractivity contribution in [3.63, 3.8) is 0 Å². The van der Waals surface area contributed by atoms with Gasteiger partial charge in [-0.1, -0.05) is 50.1 Å². The van der Waals surface area contributed by atoms with Crippen LogP contribution in [0.2, 0.25) is 0 Å². The van der Waals surface area contributed by atoms with Crippen LogP contribution in [0.1, 0.15) is 45.1 Å². The maximum Gasteiger partial charge on any atom is 0.264 e. The molecule has 0 saturated heterocycles. The molecule has 1 aromatic rings. The maximum absolute atomic E-state index is 12.5. The van der Waals surface area contributed by atoms with Gasteiger partial charge in [0.05, 0.1) is 6.04 Å². The average molecular weight is 318 g/mol. The quantitative estimate of drug-likeness (QED) is 0.909. The molecule has 4 nitrogen and oxygen atoms in total. The van der Waals surface area contributed by atoms with Gasteiger partial charge in [0, 0.05) is 5.57 Å². The molecular formula is C17H22N2O2S. The van der Waals surface area contributed by atoms with E-state index in [0.717, 1.165) is 17.6 Å². The molecule has 118 valence electrons. The number of amidine groups is 1. The Morgan fingerprint density at radius 2 is 1.82 bits per heavy atom. The Labute approximate surface area is 132 Å². The molecule has 1 aromatic carbocycles. The zero-order valence-corrected chi connectivity index (χ0v) is 13.9. The number of aliphatic imine (C=N–C) groups is 1. The lowest BCUT2D eigenvalue weighted by Crippen LogP contribution is -2.28. The van der Waals surface area contributed by atoms with E-state index in [2.05, 4.69) is 11.6 Å². The van der Waals surface area contributed by atoms with Crippen molar-refractivity contribution < 1.29 is 8.42 Å². The highest BCUT2D eigenvalue weighted by Crippen LogP contribution is 2.32. The second-order valence-corrected chi connectivity index (χ2v) is 7.85. The smallest absolute Gasteiger partial charge is 0.264 e. The molecule has 1 saturated carbocycles. The van der Waals surface area contributed by atoms with Gasteiger partial charge in [0.2, 0.25) is 0 Å². The van der Waals surface area contributed by atoms with E-state index < -0.39 is 10.0 Å². The molecule has 0 radical (unpaired) electrons. The van der Waals surface area contributed by atoms with E-state index in [1.165, 1.54) is 19.3 Å². The monoisotopic (exact) mass is 318 g/mol. The first-order valence-electron chi connectivity index (χ1n) is 7.86. The van der Waals surface area contributed by atoms with E-state index in [9.17, 15) is 8.42 Å². The molecule has 2 aliphatic rings. The third kappa shape index (κ3) is 2.82. The summed E-state index contributed by atoms with van der Waals surface area (Å²) in [5.41, 5.74) is 1.44. The minimum absolute atomic E-state index is 0.219. The van der Waals surface area contributed by atoms with E-state index in [1.54, 1.807) is 0 Å². The average Bonchev–Trinajstić information content (AvgIpc) is 2.71. The summed E-state index contributed by atoms with van der Waals surface area (Å²) in [7, 11) is -3.51. The molecule has 0 aromatic heterocycles. The van der Waals surface area contributed by atoms with Crippen molar-refractivity contribution in [3.8, 4) is 0 Å². The lowest BCUT2D eigenvalue weighted by Gasteiger charge is -2.25. The first-order chi connectivity index (χ1) is 10.5. The molecule has 0 spiro atoms. The number of hydrogen-bond acceptors (Lipinski definition) is 3. The van der Waals surface area contributed by atoms with Gasteiger partial charge in [-0.3, -0.25) is 9.71 Å². The van der Waals surface area contributed by atoms with E-state index in [4.69, 9.17) is 4.99 Å². The van der Waals surface area contributed by atoms with Crippen LogP contribution in [0.25, 0.3) is 4.91 Å². The highest BCUT2D eigenvalue weighted by atomic mass is 32.2. The Kier molecular flexibility index (Phi) is 4.08. The van der Waals surface area contributed by atoms with Crippen molar-refractivity contribution >= 4 is 20.8 Å². The molecule has 22 heavy (non-hydrogen) atoms. The van der Waals surface area contributed by atoms with Crippen LogP contribution in [-0.4, -0.2) is 20.3 Å². The highest BCUT2D eigenvalue weighted by Gasteiger charge is 2.33. The zero-order valence-electron chi connectivity index (χ0n) is 13.0. The van der Waals surface area contributed by atoms with Crippen LogP contribution in [0.5, 0.6) is 0 Å². The molecule has 2 atom stereocenters. The summed E-state index contributed by atoms with van der Waals surface area (Å²) in [6.07, 6.45) is 4.63. The van der Waals surface area contributed by atoms with Crippen molar-refractivity contribution in [3.05, 3.63) is 41.5 Å². The fourth-order valence-corrected chi connectivity index (χ4v) is 4.81. The largest absolute Gasteiger partial charge is 0.264 e. The predicted molar refractivity (Wildman–Crippen MR) is 89.9 cm³/mol. The first kappa shape index (κ1) is 15.3. The molecule has 1 aliphatic heterocycles. The summed E-state index contributed by atoms with van der Waals surface area (Å²) in [5.74, 6) is 1.04. The Morgan fingerprint density at radius 3 is 2.50 bits per heavy atom. The zero-order chi connectivity index (χ0) is 15.7. The van der Waals surface area contributed by atoms with Crippen molar-refractivity contribution in [2.75, 3.05) is 0 Å². The first-order valence-corrected chi connectivity index (χ1v) is 9.34. The van der Waals surface area contributed by atoms with Crippen molar-refractivity contribution in [2.45, 2.75) is 45.6 Å². The number of hydrogen-bond donors (Lipinski definition) is 1. The van der Waals surface area contributed by atoms with Gasteiger partial charge in [-0.05, 0) is 31.2 Å². The van der Waals surface area contributed by atoms with Crippen LogP contribution >= 0.6 is 0 Å². The van der Waals surface area contributed by atoms with E-state index >= 15 is 0 Å². The molecule has 0 amide bonds. The van der Waals surface area contributed by atoms with Gasteiger partial charge in [0.25, 0.3) is 10.0 Å². The SMILES string of the molecule is CC1=C(c2ccccc2)S(=O)(=O)NC1=N[C@@H]1CCCC[C@H]1C. The summed E-state index contributed by atoms with van der Waals surface area (Å²) in [6.45, 7) is 4.04. The molecule has 0 bridgehead atoms. The Morgan fingerprint density at radius 1 is 1.14 bits per heavy atom. The maximum atomic E-state index is 12.5. The Hall–Kier alpha value is -1.62. The molecule has 5 heteroatoms. The molecule has 1 heterocycles. The van der Waals surface area contributed by atoms with Crippen LogP contribution < -0.4 is 4.72 Å². The lowest BCUT2D eigenvalue weighted by atomic mass is 9.86. The van der Waals surface area contributed by atoms with Gasteiger partial charge in [0.15, 0.2) is 0 Å². The van der Waals surface area contributed by atoms with Crippen molar-refractivity contribution in [2.24, 2.45) is 10.9 Å². The number of sulfonamides is 1. The summed E-state index contributed by atoms with van der Waals surface area (Å²) >= 11 is 0. The standard InChI is InChI=1S/C17H22N2O2S/c1-12-8-6-7-11-15(12)18-17-13(2)16(22(20,21)19-17)14-9-4-3-5-10-14/h3-5,9-10,12,15H,6-8,11H2,1-2H3,(H,18,19)/t12-,15-/m1/s1. The number of benzene rings is 1. The molecule has 3 rings (SSSR count). The number of rotatable bonds is 2. The molecule has 1 fully saturated rings. The van der Waals surface area contributed by atoms with Gasteiger partial charge in [-0.15, -0.1) is 0 Å². The molecular weight excluding hydrogens is 296 g/mol. The van der Waals surface area contributed by atoms with E-state index in [0.29, 0.717) is 16.7 Å². The highest BCUT2D eigenvalue weighted by molar-refractivity contribution is 8.00. The summed E-state index contributed by atoms with van der Waals surface area (Å²) < 4.78 is 27.6. The van der Waals surface area contributed by atoms with Crippen LogP contribution in [0.4, 0.5) is 0 Å². The fraction of sp³-hybridized carbons (Fsp3) is 0.471. The van der Waals surface area contributed by atoms with Gasteiger partial charge in [-0.25, -0.2) is 8.42 Å². The third-order valence-electron chi connectivity index (χ3n) is 4.59. The van der Waals surface area contributed by atoms with E-state index in [-0.39, 0.29) is 6.04 Å². The lowest BCUT2D eigenvalue weighted by molar-refractivity contribution is 0.333. The fourth-order valence-electron chi connectivity index (χ4n) is 3.30.